The van der Waals surface area contributed by atoms with Crippen LogP contribution in [-0.4, -0.2) is 16.3 Å². The average Bonchev–Trinajstić information content (AvgIpc) is 2.87. The Labute approximate surface area is 123 Å². The van der Waals surface area contributed by atoms with Crippen LogP contribution in [0.25, 0.3) is 0 Å². The third kappa shape index (κ3) is 3.63. The molecule has 3 nitrogen and oxygen atoms in total. The fourth-order valence-electron chi connectivity index (χ4n) is 3.57. The zero-order valence-electron chi connectivity index (χ0n) is 13.5. The average molecular weight is 277 g/mol. The standard InChI is InChI=1S/C17H31N3/c1-12(2)14-5-6-15(11-18)16(9-14)10-17-7-8-20(19-17)13(3)4/h7-8,12-16H,5-6,9-11,18H2,1-4H3. The van der Waals surface area contributed by atoms with Gasteiger partial charge in [-0.1, -0.05) is 13.8 Å². The Morgan fingerprint density at radius 1 is 1.25 bits per heavy atom. The summed E-state index contributed by atoms with van der Waals surface area (Å²) in [6.07, 6.45) is 7.20. The molecule has 3 heteroatoms. The summed E-state index contributed by atoms with van der Waals surface area (Å²) in [6, 6.07) is 2.64. The zero-order chi connectivity index (χ0) is 14.7. The van der Waals surface area contributed by atoms with Gasteiger partial charge in [0, 0.05) is 12.2 Å². The Bertz CT molecular complexity index is 408. The minimum absolute atomic E-state index is 0.448. The number of hydrogen-bond acceptors (Lipinski definition) is 2. The fourth-order valence-corrected chi connectivity index (χ4v) is 3.57. The van der Waals surface area contributed by atoms with Crippen LogP contribution in [0.15, 0.2) is 12.3 Å². The molecular weight excluding hydrogens is 246 g/mol. The van der Waals surface area contributed by atoms with E-state index in [1.807, 2.05) is 0 Å². The summed E-state index contributed by atoms with van der Waals surface area (Å²) in [5.74, 6) is 3.07. The van der Waals surface area contributed by atoms with Gasteiger partial charge in [-0.15, -0.1) is 0 Å². The van der Waals surface area contributed by atoms with Gasteiger partial charge >= 0.3 is 0 Å². The number of aromatic nitrogens is 2. The van der Waals surface area contributed by atoms with Crippen LogP contribution in [0.2, 0.25) is 0 Å². The second-order valence-electron chi connectivity index (χ2n) is 7.16. The summed E-state index contributed by atoms with van der Waals surface area (Å²) in [5, 5.41) is 4.72. The van der Waals surface area contributed by atoms with Gasteiger partial charge in [-0.05, 0) is 75.8 Å². The Kier molecular flexibility index (Phi) is 5.25. The summed E-state index contributed by atoms with van der Waals surface area (Å²) in [7, 11) is 0. The SMILES string of the molecule is CC(C)C1CCC(CN)C(Cc2ccn(C(C)C)n2)C1. The largest absolute Gasteiger partial charge is 0.330 e. The maximum absolute atomic E-state index is 6.00. The predicted octanol–water partition coefficient (Wildman–Crippen LogP) is 3.65. The van der Waals surface area contributed by atoms with Crippen molar-refractivity contribution in [3.05, 3.63) is 18.0 Å². The summed E-state index contributed by atoms with van der Waals surface area (Å²) < 4.78 is 2.07. The number of rotatable bonds is 5. The Hall–Kier alpha value is -0.830. The van der Waals surface area contributed by atoms with Crippen molar-refractivity contribution in [2.75, 3.05) is 6.54 Å². The van der Waals surface area contributed by atoms with E-state index >= 15 is 0 Å². The molecule has 3 unspecified atom stereocenters. The highest BCUT2D eigenvalue weighted by Gasteiger charge is 2.31. The second-order valence-corrected chi connectivity index (χ2v) is 7.16. The van der Waals surface area contributed by atoms with Gasteiger partial charge in [-0.25, -0.2) is 0 Å². The monoisotopic (exact) mass is 277 g/mol. The van der Waals surface area contributed by atoms with Crippen LogP contribution < -0.4 is 5.73 Å². The minimum atomic E-state index is 0.448. The van der Waals surface area contributed by atoms with Crippen LogP contribution in [0.5, 0.6) is 0 Å². The zero-order valence-corrected chi connectivity index (χ0v) is 13.5. The van der Waals surface area contributed by atoms with Crippen LogP contribution in [-0.2, 0) is 6.42 Å². The van der Waals surface area contributed by atoms with E-state index in [4.69, 9.17) is 10.8 Å². The topological polar surface area (TPSA) is 43.8 Å². The number of nitrogens with zero attached hydrogens (tertiary/aromatic N) is 2. The van der Waals surface area contributed by atoms with Crippen LogP contribution in [0.1, 0.15) is 58.7 Å². The van der Waals surface area contributed by atoms with Gasteiger partial charge < -0.3 is 5.73 Å². The summed E-state index contributed by atoms with van der Waals surface area (Å²) >= 11 is 0. The molecule has 3 atom stereocenters. The van der Waals surface area contributed by atoms with Gasteiger partial charge in [0.1, 0.15) is 0 Å². The first-order valence-electron chi connectivity index (χ1n) is 8.25. The first-order valence-corrected chi connectivity index (χ1v) is 8.25. The van der Waals surface area contributed by atoms with Gasteiger partial charge in [0.05, 0.1) is 5.69 Å². The number of hydrogen-bond donors (Lipinski definition) is 1. The molecule has 1 aliphatic rings. The molecule has 0 spiro atoms. The lowest BCUT2D eigenvalue weighted by Gasteiger charge is -2.37. The van der Waals surface area contributed by atoms with Crippen LogP contribution >= 0.6 is 0 Å². The molecule has 0 amide bonds. The molecule has 0 bridgehead atoms. The van der Waals surface area contributed by atoms with Gasteiger partial charge in [-0.3, -0.25) is 4.68 Å². The van der Waals surface area contributed by atoms with E-state index in [2.05, 4.69) is 44.6 Å². The van der Waals surface area contributed by atoms with Crippen molar-refractivity contribution >= 4 is 0 Å². The molecule has 1 aromatic heterocycles. The molecule has 0 radical (unpaired) electrons. The van der Waals surface area contributed by atoms with Crippen LogP contribution in [0.4, 0.5) is 0 Å². The maximum Gasteiger partial charge on any atom is 0.0627 e. The van der Waals surface area contributed by atoms with Gasteiger partial charge in [0.2, 0.25) is 0 Å². The first-order chi connectivity index (χ1) is 9.51. The minimum Gasteiger partial charge on any atom is -0.330 e. The summed E-state index contributed by atoms with van der Waals surface area (Å²) in [5.41, 5.74) is 7.24. The summed E-state index contributed by atoms with van der Waals surface area (Å²) in [6.45, 7) is 9.90. The third-order valence-corrected chi connectivity index (χ3v) is 5.09. The van der Waals surface area contributed by atoms with E-state index in [0.29, 0.717) is 12.0 Å². The summed E-state index contributed by atoms with van der Waals surface area (Å²) in [4.78, 5) is 0. The molecule has 0 aromatic carbocycles. The highest BCUT2D eigenvalue weighted by Crippen LogP contribution is 2.38. The van der Waals surface area contributed by atoms with E-state index in [1.54, 1.807) is 0 Å². The lowest BCUT2D eigenvalue weighted by Crippen LogP contribution is -2.33. The molecule has 2 N–H and O–H groups in total. The van der Waals surface area contributed by atoms with Gasteiger partial charge in [-0.2, -0.15) is 5.10 Å². The first kappa shape index (κ1) is 15.6. The van der Waals surface area contributed by atoms with Gasteiger partial charge in [0.15, 0.2) is 0 Å². The second kappa shape index (κ2) is 6.75. The molecule has 2 rings (SSSR count). The van der Waals surface area contributed by atoms with E-state index in [9.17, 15) is 0 Å². The van der Waals surface area contributed by atoms with Crippen LogP contribution in [0, 0.1) is 23.7 Å². The molecule has 0 aliphatic heterocycles. The quantitative estimate of drug-likeness (QED) is 0.892. The van der Waals surface area contributed by atoms with Crippen molar-refractivity contribution in [1.82, 2.24) is 9.78 Å². The van der Waals surface area contributed by atoms with E-state index in [0.717, 1.165) is 30.7 Å². The maximum atomic E-state index is 6.00. The molecule has 20 heavy (non-hydrogen) atoms. The van der Waals surface area contributed by atoms with E-state index in [-0.39, 0.29) is 0 Å². The fraction of sp³-hybridized carbons (Fsp3) is 0.824. The molecule has 1 heterocycles. The third-order valence-electron chi connectivity index (χ3n) is 5.09. The Morgan fingerprint density at radius 3 is 2.55 bits per heavy atom. The number of nitrogens with two attached hydrogens (primary N) is 1. The molecular formula is C17H31N3. The molecule has 0 saturated heterocycles. The Morgan fingerprint density at radius 2 is 2.00 bits per heavy atom. The predicted molar refractivity (Wildman–Crippen MR) is 84.5 cm³/mol. The molecule has 114 valence electrons. The Balaban J connectivity index is 2.03. The van der Waals surface area contributed by atoms with E-state index in [1.165, 1.54) is 25.0 Å². The van der Waals surface area contributed by atoms with Crippen molar-refractivity contribution in [1.29, 1.82) is 0 Å². The highest BCUT2D eigenvalue weighted by atomic mass is 15.3. The van der Waals surface area contributed by atoms with Gasteiger partial charge in [0.25, 0.3) is 0 Å². The lowest BCUT2D eigenvalue weighted by molar-refractivity contribution is 0.150. The molecule has 1 fully saturated rings. The van der Waals surface area contributed by atoms with Crippen molar-refractivity contribution in [3.8, 4) is 0 Å². The molecule has 1 aromatic rings. The van der Waals surface area contributed by atoms with Crippen molar-refractivity contribution in [3.63, 3.8) is 0 Å². The van der Waals surface area contributed by atoms with Crippen LogP contribution in [0.3, 0.4) is 0 Å². The normalized spacial score (nSPS) is 27.4. The smallest absolute Gasteiger partial charge is 0.0627 e. The van der Waals surface area contributed by atoms with E-state index < -0.39 is 0 Å². The van der Waals surface area contributed by atoms with Crippen molar-refractivity contribution in [2.45, 2.75) is 59.4 Å². The van der Waals surface area contributed by atoms with Crippen molar-refractivity contribution in [2.24, 2.45) is 29.4 Å². The highest BCUT2D eigenvalue weighted by molar-refractivity contribution is 5.02. The molecule has 1 saturated carbocycles. The van der Waals surface area contributed by atoms with Crippen molar-refractivity contribution < 1.29 is 0 Å². The lowest BCUT2D eigenvalue weighted by atomic mass is 9.69. The molecule has 1 aliphatic carbocycles.